The monoisotopic (exact) mass is 907 g/mol. The maximum Gasteiger partial charge on any atom is 0.347 e. The third-order valence-electron chi connectivity index (χ3n) is 12.8. The van der Waals surface area contributed by atoms with E-state index in [1.54, 1.807) is 77.7 Å². The van der Waals surface area contributed by atoms with Crippen LogP contribution in [0.15, 0.2) is 138 Å². The molecule has 0 radical (unpaired) electrons. The van der Waals surface area contributed by atoms with E-state index < -0.39 is 17.7 Å². The number of phenolic OH excluding ortho intramolecular Hbond substituents is 1. The molecule has 0 saturated carbocycles. The summed E-state index contributed by atoms with van der Waals surface area (Å²) in [6.07, 6.45) is 2.25. The van der Waals surface area contributed by atoms with Crippen molar-refractivity contribution >= 4 is 28.7 Å². The van der Waals surface area contributed by atoms with Crippen molar-refractivity contribution in [3.63, 3.8) is 0 Å². The molecular formula is C53H57N5O9. The number of pyridine rings is 1. The number of likely N-dealkylation sites (tertiary alicyclic amines) is 2. The molecule has 0 bridgehead atoms. The Hall–Kier alpha value is -6.84. The summed E-state index contributed by atoms with van der Waals surface area (Å²) in [5, 5.41) is 40.1. The fourth-order valence-corrected chi connectivity index (χ4v) is 8.96. The van der Waals surface area contributed by atoms with E-state index >= 15 is 0 Å². The third-order valence-corrected chi connectivity index (χ3v) is 12.8. The summed E-state index contributed by atoms with van der Waals surface area (Å²) in [6, 6.07) is 38.5. The Morgan fingerprint density at radius 3 is 2.30 bits per heavy atom. The predicted octanol–water partition coefficient (Wildman–Crippen LogP) is 5.55. The number of aliphatic hydroxyl groups excluding tert-OH is 1. The van der Waals surface area contributed by atoms with Crippen molar-refractivity contribution in [1.29, 1.82) is 0 Å². The van der Waals surface area contributed by atoms with Crippen LogP contribution in [0.5, 0.6) is 11.5 Å². The van der Waals surface area contributed by atoms with Gasteiger partial charge in [-0.05, 0) is 103 Å². The smallest absolute Gasteiger partial charge is 0.347 e. The Morgan fingerprint density at radius 1 is 0.806 bits per heavy atom. The number of aromatic hydroxyl groups is 1. The lowest BCUT2D eigenvalue weighted by atomic mass is 9.86. The predicted molar refractivity (Wildman–Crippen MR) is 253 cm³/mol. The Balaban J connectivity index is 0.807. The fraction of sp³-hybridized carbons (Fsp3) is 0.321. The summed E-state index contributed by atoms with van der Waals surface area (Å²) >= 11 is 0. The van der Waals surface area contributed by atoms with Gasteiger partial charge in [-0.25, -0.2) is 4.79 Å². The molecule has 1 aromatic heterocycles. The summed E-state index contributed by atoms with van der Waals surface area (Å²) in [5.74, 6) is -0.886. The molecule has 2 fully saturated rings. The number of esters is 1. The largest absolute Gasteiger partial charge is 0.506 e. The van der Waals surface area contributed by atoms with Gasteiger partial charge in [-0.3, -0.25) is 19.3 Å². The minimum absolute atomic E-state index is 0.0756. The van der Waals surface area contributed by atoms with Crippen LogP contribution in [0.25, 0.3) is 10.9 Å². The minimum atomic E-state index is -2.12. The molecule has 2 aliphatic heterocycles. The number of fused-ring (bicyclic) bond motifs is 1. The van der Waals surface area contributed by atoms with Gasteiger partial charge in [0.2, 0.25) is 11.2 Å². The van der Waals surface area contributed by atoms with E-state index in [2.05, 4.69) is 32.7 Å². The first-order chi connectivity index (χ1) is 32.5. The van der Waals surface area contributed by atoms with Crippen LogP contribution in [-0.2, 0) is 33.0 Å². The molecule has 14 nitrogen and oxygen atoms in total. The molecule has 3 heterocycles. The maximum atomic E-state index is 13.9. The van der Waals surface area contributed by atoms with Gasteiger partial charge in [0.25, 0.3) is 11.8 Å². The third kappa shape index (κ3) is 11.6. The average Bonchev–Trinajstić information content (AvgIpc) is 3.36. The number of benzene rings is 5. The molecule has 0 aliphatic carbocycles. The number of amides is 2. The molecule has 348 valence electrons. The van der Waals surface area contributed by atoms with Crippen molar-refractivity contribution < 1.29 is 39.2 Å². The number of carbonyl (C=O) groups is 3. The molecule has 67 heavy (non-hydrogen) atoms. The van der Waals surface area contributed by atoms with E-state index in [-0.39, 0.29) is 65.9 Å². The van der Waals surface area contributed by atoms with E-state index in [1.807, 2.05) is 36.4 Å². The van der Waals surface area contributed by atoms with Crippen molar-refractivity contribution in [2.45, 2.75) is 56.5 Å². The van der Waals surface area contributed by atoms with Gasteiger partial charge in [-0.1, -0.05) is 91.0 Å². The molecule has 8 rings (SSSR count). The SMILES string of the molecule is O=C(N[C@H]1CCCN(C(=O)COc2cccc(C(O)(C(=O)OCC3CCN(Cc4ccccc4)CC3)c3ccccc3)c2)C1)c1ccc(CNC[C@H](O)c2ccc(O)c3[nH]c(=O)ccc23)cc1. The molecule has 2 saturated heterocycles. The van der Waals surface area contributed by atoms with E-state index in [9.17, 15) is 34.5 Å². The number of ether oxygens (including phenoxy) is 2. The number of piperidine rings is 2. The topological polar surface area (TPSA) is 194 Å². The molecule has 0 spiro atoms. The van der Waals surface area contributed by atoms with Crippen LogP contribution >= 0.6 is 0 Å². The van der Waals surface area contributed by atoms with Gasteiger partial charge in [0, 0.05) is 61.3 Å². The number of carbonyl (C=O) groups excluding carboxylic acids is 3. The van der Waals surface area contributed by atoms with Crippen LogP contribution in [0, 0.1) is 5.92 Å². The number of nitrogens with one attached hydrogen (secondary N) is 3. The second kappa shape index (κ2) is 21.6. The highest BCUT2D eigenvalue weighted by Crippen LogP contribution is 2.34. The van der Waals surface area contributed by atoms with Crippen LogP contribution in [-0.4, -0.2) is 99.9 Å². The van der Waals surface area contributed by atoms with E-state index in [0.717, 1.165) is 38.0 Å². The normalized spacial score (nSPS) is 17.0. The average molecular weight is 908 g/mol. The van der Waals surface area contributed by atoms with E-state index in [4.69, 9.17) is 9.47 Å². The zero-order valence-electron chi connectivity index (χ0n) is 37.3. The van der Waals surface area contributed by atoms with Crippen molar-refractivity contribution in [3.05, 3.63) is 177 Å². The lowest BCUT2D eigenvalue weighted by Gasteiger charge is -2.33. The first kappa shape index (κ1) is 46.7. The van der Waals surface area contributed by atoms with E-state index in [0.29, 0.717) is 60.3 Å². The van der Waals surface area contributed by atoms with Gasteiger partial charge in [0.05, 0.1) is 18.2 Å². The van der Waals surface area contributed by atoms with Crippen molar-refractivity contribution in [2.24, 2.45) is 5.92 Å². The number of phenols is 1. The number of H-pyrrole nitrogens is 1. The molecule has 5 aromatic carbocycles. The first-order valence-electron chi connectivity index (χ1n) is 22.9. The first-order valence-corrected chi connectivity index (χ1v) is 22.9. The highest BCUT2D eigenvalue weighted by Gasteiger charge is 2.42. The highest BCUT2D eigenvalue weighted by molar-refractivity contribution is 5.94. The molecule has 6 aromatic rings. The second-order valence-electron chi connectivity index (χ2n) is 17.5. The summed E-state index contributed by atoms with van der Waals surface area (Å²) in [6.45, 7) is 4.05. The zero-order chi connectivity index (χ0) is 46.8. The number of aliphatic hydroxyl groups is 2. The molecular weight excluding hydrogens is 851 g/mol. The lowest BCUT2D eigenvalue weighted by Crippen LogP contribution is -2.50. The van der Waals surface area contributed by atoms with Gasteiger partial charge in [-0.15, -0.1) is 0 Å². The Bertz CT molecular complexity index is 2690. The molecule has 2 amide bonds. The van der Waals surface area contributed by atoms with Crippen LogP contribution in [0.2, 0.25) is 0 Å². The molecule has 3 atom stereocenters. The highest BCUT2D eigenvalue weighted by atomic mass is 16.5. The number of hydrogen-bond donors (Lipinski definition) is 6. The summed E-state index contributed by atoms with van der Waals surface area (Å²) in [7, 11) is 0. The molecule has 6 N–H and O–H groups in total. The quantitative estimate of drug-likeness (QED) is 0.0629. The van der Waals surface area contributed by atoms with Crippen molar-refractivity contribution in [3.8, 4) is 11.5 Å². The summed E-state index contributed by atoms with van der Waals surface area (Å²) in [4.78, 5) is 59.1. The van der Waals surface area contributed by atoms with Crippen LogP contribution in [0.3, 0.4) is 0 Å². The van der Waals surface area contributed by atoms with Gasteiger partial charge in [0.15, 0.2) is 6.61 Å². The van der Waals surface area contributed by atoms with Crippen molar-refractivity contribution in [1.82, 2.24) is 25.4 Å². The van der Waals surface area contributed by atoms with Crippen LogP contribution < -0.4 is 20.9 Å². The molecule has 1 unspecified atom stereocenters. The van der Waals surface area contributed by atoms with Gasteiger partial charge in [-0.2, -0.15) is 0 Å². The molecule has 2 aliphatic rings. The fourth-order valence-electron chi connectivity index (χ4n) is 8.96. The van der Waals surface area contributed by atoms with E-state index in [1.165, 1.54) is 17.7 Å². The van der Waals surface area contributed by atoms with Crippen LogP contribution in [0.4, 0.5) is 0 Å². The summed E-state index contributed by atoms with van der Waals surface area (Å²) < 4.78 is 11.9. The number of aromatic nitrogens is 1. The van der Waals surface area contributed by atoms with Crippen LogP contribution in [0.1, 0.15) is 70.0 Å². The Morgan fingerprint density at radius 2 is 1.54 bits per heavy atom. The summed E-state index contributed by atoms with van der Waals surface area (Å²) in [5.41, 5.74) is 1.62. The number of hydrogen-bond acceptors (Lipinski definition) is 11. The zero-order valence-corrected chi connectivity index (χ0v) is 37.3. The second-order valence-corrected chi connectivity index (χ2v) is 17.5. The lowest BCUT2D eigenvalue weighted by molar-refractivity contribution is -0.164. The Labute approximate surface area is 389 Å². The molecule has 14 heteroatoms. The number of nitrogens with zero attached hydrogens (tertiary/aromatic N) is 2. The maximum absolute atomic E-state index is 13.9. The van der Waals surface area contributed by atoms with Gasteiger partial charge in [0.1, 0.15) is 11.5 Å². The van der Waals surface area contributed by atoms with Crippen molar-refractivity contribution in [2.75, 3.05) is 45.9 Å². The number of rotatable bonds is 17. The number of aromatic amines is 1. The standard InChI is InChI=1S/C53H57N5O9/c59-46-22-20-44(45-21-23-48(61)56-50(45)46)47(60)31-54-30-36-16-18-39(19-17-36)51(63)55-42-14-8-26-58(33-42)49(62)35-66-43-15-7-13-41(29-43)53(65,40-11-5-2-6-12-40)52(64)67-34-38-24-27-57(28-25-38)32-37-9-3-1-4-10-37/h1-7,9-13,15-23,29,38,42,47,54,59-60,65H,8,14,24-28,30-35H2,(H,55,63)(H,56,61)/t42-,47-,53?/m0/s1. The minimum Gasteiger partial charge on any atom is -0.506 e. The Kier molecular flexibility index (Phi) is 15.1. The van der Waals surface area contributed by atoms with Gasteiger partial charge >= 0.3 is 5.97 Å². The van der Waals surface area contributed by atoms with Gasteiger partial charge < -0.3 is 45.3 Å².